The normalized spacial score (nSPS) is 14.0. The second kappa shape index (κ2) is 8.27. The zero-order valence-corrected chi connectivity index (χ0v) is 14.3. The molecule has 25 heavy (non-hydrogen) atoms. The van der Waals surface area contributed by atoms with Gasteiger partial charge in [0.1, 0.15) is 6.42 Å². The molecular weight excluding hydrogens is 326 g/mol. The molecule has 8 heteroatoms. The van der Waals surface area contributed by atoms with Gasteiger partial charge >= 0.3 is 5.97 Å². The van der Waals surface area contributed by atoms with Gasteiger partial charge in [-0.25, -0.2) is 4.79 Å². The Labute approximate surface area is 145 Å². The lowest BCUT2D eigenvalue weighted by Crippen LogP contribution is -2.50. The minimum atomic E-state index is -0.504. The summed E-state index contributed by atoms with van der Waals surface area (Å²) in [6.07, 6.45) is -0.289. The number of anilines is 1. The van der Waals surface area contributed by atoms with Crippen LogP contribution in [0.4, 0.5) is 5.69 Å². The van der Waals surface area contributed by atoms with E-state index in [1.165, 1.54) is 20.1 Å². The van der Waals surface area contributed by atoms with Crippen molar-refractivity contribution in [3.8, 4) is 0 Å². The van der Waals surface area contributed by atoms with Crippen molar-refractivity contribution in [2.75, 3.05) is 38.6 Å². The number of hydrogen-bond acceptors (Lipinski definition) is 5. The molecule has 0 unspecified atom stereocenters. The van der Waals surface area contributed by atoms with Crippen molar-refractivity contribution < 1.29 is 23.9 Å². The molecule has 1 aliphatic heterocycles. The largest absolute Gasteiger partial charge is 0.465 e. The van der Waals surface area contributed by atoms with E-state index < -0.39 is 11.9 Å². The summed E-state index contributed by atoms with van der Waals surface area (Å²) in [6.45, 7) is 3.29. The Balaban J connectivity index is 1.87. The van der Waals surface area contributed by atoms with Crippen LogP contribution in [-0.2, 0) is 19.1 Å². The lowest BCUT2D eigenvalue weighted by atomic mass is 10.2. The van der Waals surface area contributed by atoms with Crippen molar-refractivity contribution in [3.05, 3.63) is 29.8 Å². The molecule has 2 rings (SSSR count). The summed E-state index contributed by atoms with van der Waals surface area (Å²) in [5.41, 5.74) is 0.731. The zero-order valence-electron chi connectivity index (χ0n) is 14.3. The lowest BCUT2D eigenvalue weighted by molar-refractivity contribution is -0.140. The summed E-state index contributed by atoms with van der Waals surface area (Å²) < 4.78 is 4.63. The van der Waals surface area contributed by atoms with Crippen LogP contribution in [0.5, 0.6) is 0 Å². The molecule has 1 fully saturated rings. The van der Waals surface area contributed by atoms with E-state index >= 15 is 0 Å². The summed E-state index contributed by atoms with van der Waals surface area (Å²) in [6, 6.07) is 6.30. The molecule has 1 saturated heterocycles. The first-order valence-electron chi connectivity index (χ1n) is 7.92. The minimum absolute atomic E-state index is 0.0182. The van der Waals surface area contributed by atoms with Crippen molar-refractivity contribution in [2.45, 2.75) is 13.3 Å². The number of hydrogen-bond donors (Lipinski definition) is 1. The van der Waals surface area contributed by atoms with Crippen LogP contribution < -0.4 is 5.32 Å². The molecule has 0 saturated carbocycles. The molecular formula is C17H21N3O5. The van der Waals surface area contributed by atoms with E-state index in [0.717, 1.165) is 0 Å². The summed E-state index contributed by atoms with van der Waals surface area (Å²) in [5, 5.41) is 2.60. The summed E-state index contributed by atoms with van der Waals surface area (Å²) in [5.74, 6) is -1.27. The van der Waals surface area contributed by atoms with Crippen molar-refractivity contribution in [2.24, 2.45) is 0 Å². The molecule has 0 aromatic heterocycles. The molecule has 0 aliphatic carbocycles. The highest BCUT2D eigenvalue weighted by atomic mass is 16.5. The van der Waals surface area contributed by atoms with Crippen LogP contribution >= 0.6 is 0 Å². The fourth-order valence-electron chi connectivity index (χ4n) is 2.57. The number of esters is 1. The molecule has 1 aromatic carbocycles. The number of carbonyl (C=O) groups excluding carboxylic acids is 4. The lowest BCUT2D eigenvalue weighted by Gasteiger charge is -2.34. The first-order chi connectivity index (χ1) is 11.9. The van der Waals surface area contributed by atoms with E-state index in [9.17, 15) is 19.2 Å². The Kier molecular flexibility index (Phi) is 6.10. The van der Waals surface area contributed by atoms with E-state index in [0.29, 0.717) is 37.4 Å². The van der Waals surface area contributed by atoms with E-state index in [2.05, 4.69) is 10.1 Å². The van der Waals surface area contributed by atoms with Crippen LogP contribution in [0.2, 0.25) is 0 Å². The predicted octanol–water partition coefficient (Wildman–Crippen LogP) is 0.492. The van der Waals surface area contributed by atoms with Gasteiger partial charge in [-0.3, -0.25) is 14.4 Å². The number of nitrogens with zero attached hydrogens (tertiary/aromatic N) is 2. The second-order valence-corrected chi connectivity index (χ2v) is 5.68. The third-order valence-corrected chi connectivity index (χ3v) is 3.96. The predicted molar refractivity (Wildman–Crippen MR) is 89.9 cm³/mol. The van der Waals surface area contributed by atoms with Crippen LogP contribution in [0, 0.1) is 0 Å². The van der Waals surface area contributed by atoms with E-state index in [1.807, 2.05) is 0 Å². The van der Waals surface area contributed by atoms with Crippen molar-refractivity contribution in [1.82, 2.24) is 9.80 Å². The van der Waals surface area contributed by atoms with E-state index in [4.69, 9.17) is 0 Å². The van der Waals surface area contributed by atoms with Crippen LogP contribution in [-0.4, -0.2) is 66.8 Å². The second-order valence-electron chi connectivity index (χ2n) is 5.68. The van der Waals surface area contributed by atoms with Crippen molar-refractivity contribution in [3.63, 3.8) is 0 Å². The Morgan fingerprint density at radius 2 is 1.72 bits per heavy atom. The highest BCUT2D eigenvalue weighted by Crippen LogP contribution is 2.12. The van der Waals surface area contributed by atoms with Gasteiger partial charge in [-0.05, 0) is 18.2 Å². The molecule has 134 valence electrons. The third kappa shape index (κ3) is 5.03. The molecule has 0 atom stereocenters. The Morgan fingerprint density at radius 1 is 1.08 bits per heavy atom. The molecule has 1 N–H and O–H groups in total. The standard InChI is InChI=1S/C17H21N3O5/c1-12(21)19-6-8-20(9-7-19)16(23)11-15(22)18-14-5-3-4-13(10-14)17(24)25-2/h3-5,10H,6-9,11H2,1-2H3,(H,18,22). The molecule has 8 nitrogen and oxygen atoms in total. The van der Waals surface area contributed by atoms with Gasteiger partial charge in [0.2, 0.25) is 17.7 Å². The number of benzene rings is 1. The molecule has 0 bridgehead atoms. The fourth-order valence-corrected chi connectivity index (χ4v) is 2.57. The van der Waals surface area contributed by atoms with Gasteiger partial charge in [-0.2, -0.15) is 0 Å². The number of nitrogens with one attached hydrogen (secondary N) is 1. The number of piperazine rings is 1. The van der Waals surface area contributed by atoms with Crippen molar-refractivity contribution >= 4 is 29.4 Å². The number of ether oxygens (including phenoxy) is 1. The number of methoxy groups -OCH3 is 1. The first kappa shape index (κ1) is 18.4. The molecule has 0 spiro atoms. The maximum absolute atomic E-state index is 12.2. The van der Waals surface area contributed by atoms with Crippen molar-refractivity contribution in [1.29, 1.82) is 0 Å². The number of rotatable bonds is 4. The van der Waals surface area contributed by atoms with Gasteiger partial charge in [0.25, 0.3) is 0 Å². The molecule has 3 amide bonds. The van der Waals surface area contributed by atoms with Gasteiger partial charge in [-0.1, -0.05) is 6.07 Å². The monoisotopic (exact) mass is 347 g/mol. The summed E-state index contributed by atoms with van der Waals surface area (Å²) >= 11 is 0. The smallest absolute Gasteiger partial charge is 0.337 e. The third-order valence-electron chi connectivity index (χ3n) is 3.96. The molecule has 0 radical (unpaired) electrons. The van der Waals surface area contributed by atoms with E-state index in [-0.39, 0.29) is 18.2 Å². The number of amides is 3. The molecule has 1 aromatic rings. The fraction of sp³-hybridized carbons (Fsp3) is 0.412. The topological polar surface area (TPSA) is 96.0 Å². The maximum Gasteiger partial charge on any atom is 0.337 e. The van der Waals surface area contributed by atoms with Crippen LogP contribution in [0.3, 0.4) is 0 Å². The molecule has 1 aliphatic rings. The van der Waals surface area contributed by atoms with Gasteiger partial charge in [0, 0.05) is 38.8 Å². The zero-order chi connectivity index (χ0) is 18.4. The quantitative estimate of drug-likeness (QED) is 0.632. The summed E-state index contributed by atoms with van der Waals surface area (Å²) in [4.78, 5) is 50.2. The average Bonchev–Trinajstić information content (AvgIpc) is 2.61. The van der Waals surface area contributed by atoms with E-state index in [1.54, 1.807) is 28.0 Å². The van der Waals surface area contributed by atoms with Gasteiger partial charge < -0.3 is 19.9 Å². The Morgan fingerprint density at radius 3 is 2.32 bits per heavy atom. The highest BCUT2D eigenvalue weighted by molar-refractivity contribution is 6.04. The maximum atomic E-state index is 12.2. The first-order valence-corrected chi connectivity index (χ1v) is 7.92. The van der Waals surface area contributed by atoms with Gasteiger partial charge in [0.15, 0.2) is 0 Å². The van der Waals surface area contributed by atoms with Crippen LogP contribution in [0.1, 0.15) is 23.7 Å². The van der Waals surface area contributed by atoms with Gasteiger partial charge in [-0.15, -0.1) is 0 Å². The minimum Gasteiger partial charge on any atom is -0.465 e. The SMILES string of the molecule is COC(=O)c1cccc(NC(=O)CC(=O)N2CCN(C(C)=O)CC2)c1. The van der Waals surface area contributed by atoms with Crippen LogP contribution in [0.25, 0.3) is 0 Å². The number of carbonyl (C=O) groups is 4. The Bertz CT molecular complexity index is 681. The summed E-state index contributed by atoms with van der Waals surface area (Å²) in [7, 11) is 1.28. The molecule has 1 heterocycles. The average molecular weight is 347 g/mol. The highest BCUT2D eigenvalue weighted by Gasteiger charge is 2.23. The van der Waals surface area contributed by atoms with Crippen LogP contribution in [0.15, 0.2) is 24.3 Å². The van der Waals surface area contributed by atoms with Gasteiger partial charge in [0.05, 0.1) is 12.7 Å². The Hall–Kier alpha value is -2.90.